The van der Waals surface area contributed by atoms with Gasteiger partial charge in [-0.1, -0.05) is 25.5 Å². The number of ether oxygens (including phenoxy) is 2. The Bertz CT molecular complexity index is 1170. The van der Waals surface area contributed by atoms with E-state index in [1.807, 2.05) is 13.8 Å². The zero-order chi connectivity index (χ0) is 33.5. The van der Waals surface area contributed by atoms with Crippen LogP contribution in [-0.4, -0.2) is 132 Å². The molecular weight excluding hydrogens is 604 g/mol. The predicted octanol–water partition coefficient (Wildman–Crippen LogP) is -1.26. The Balaban J connectivity index is 1.29. The van der Waals surface area contributed by atoms with E-state index in [0.717, 1.165) is 5.57 Å². The Kier molecular flexibility index (Phi) is 9.24. The molecule has 0 spiro atoms. The average Bonchev–Trinajstić information content (AvgIpc) is 3.02. The van der Waals surface area contributed by atoms with Crippen molar-refractivity contribution in [1.82, 2.24) is 0 Å². The first-order valence-corrected chi connectivity index (χ1v) is 16.8. The van der Waals surface area contributed by atoms with E-state index in [4.69, 9.17) is 9.47 Å². The van der Waals surface area contributed by atoms with Gasteiger partial charge >= 0.3 is 5.97 Å². The predicted molar refractivity (Wildman–Crippen MR) is 158 cm³/mol. The van der Waals surface area contributed by atoms with Crippen molar-refractivity contribution in [3.8, 4) is 0 Å². The average molecular weight is 657 g/mol. The van der Waals surface area contributed by atoms with Crippen molar-refractivity contribution in [2.45, 2.75) is 114 Å². The molecular formula is C33H52O13. The molecule has 1 aliphatic heterocycles. The van der Waals surface area contributed by atoms with Gasteiger partial charge in [-0.15, -0.1) is 0 Å². The number of aliphatic hydroxyl groups is 9. The molecule has 262 valence electrons. The van der Waals surface area contributed by atoms with Crippen LogP contribution in [0, 0.1) is 51.8 Å². The van der Waals surface area contributed by atoms with Gasteiger partial charge in [-0.25, -0.2) is 0 Å². The summed E-state index contributed by atoms with van der Waals surface area (Å²) in [5.41, 5.74) is -2.28. The molecule has 1 heterocycles. The molecule has 0 amide bonds. The molecule has 46 heavy (non-hydrogen) atoms. The molecule has 16 atom stereocenters. The molecule has 0 aromatic heterocycles. The molecule has 1 saturated heterocycles. The van der Waals surface area contributed by atoms with Gasteiger partial charge in [-0.2, -0.15) is 0 Å². The maximum absolute atomic E-state index is 12.8. The highest BCUT2D eigenvalue weighted by Crippen LogP contribution is 2.65. The number of hydrogen-bond donors (Lipinski definition) is 10. The molecule has 5 fully saturated rings. The second kappa shape index (κ2) is 12.3. The fourth-order valence-corrected chi connectivity index (χ4v) is 10.9. The summed E-state index contributed by atoms with van der Waals surface area (Å²) in [5.74, 6) is -1.90. The summed E-state index contributed by atoms with van der Waals surface area (Å²) >= 11 is 0. The summed E-state index contributed by atoms with van der Waals surface area (Å²) in [6, 6.07) is 0. The highest BCUT2D eigenvalue weighted by Gasteiger charge is 2.66. The van der Waals surface area contributed by atoms with Crippen molar-refractivity contribution in [3.05, 3.63) is 11.6 Å². The Morgan fingerprint density at radius 2 is 1.59 bits per heavy atom. The van der Waals surface area contributed by atoms with Gasteiger partial charge in [-0.05, 0) is 85.9 Å². The van der Waals surface area contributed by atoms with E-state index in [0.29, 0.717) is 25.7 Å². The Hall–Kier alpha value is -1.23. The van der Waals surface area contributed by atoms with Crippen molar-refractivity contribution >= 4 is 5.97 Å². The molecule has 13 heteroatoms. The van der Waals surface area contributed by atoms with Crippen LogP contribution in [-0.2, 0) is 14.3 Å². The summed E-state index contributed by atoms with van der Waals surface area (Å²) in [7, 11) is 0. The number of aliphatic carboxylic acids is 1. The highest BCUT2D eigenvalue weighted by atomic mass is 16.7. The summed E-state index contributed by atoms with van der Waals surface area (Å²) in [6.45, 7) is 2.14. The fraction of sp³-hybridized carbons (Fsp3) is 0.909. The zero-order valence-electron chi connectivity index (χ0n) is 26.5. The molecule has 13 nitrogen and oxygen atoms in total. The lowest BCUT2D eigenvalue weighted by Gasteiger charge is -2.62. The number of carbonyl (C=O) groups is 1. The van der Waals surface area contributed by atoms with E-state index >= 15 is 0 Å². The van der Waals surface area contributed by atoms with Crippen molar-refractivity contribution in [3.63, 3.8) is 0 Å². The van der Waals surface area contributed by atoms with Gasteiger partial charge in [0.15, 0.2) is 6.29 Å². The number of hydrogen-bond acceptors (Lipinski definition) is 12. The molecule has 0 aromatic carbocycles. The summed E-state index contributed by atoms with van der Waals surface area (Å²) in [5, 5.41) is 107. The number of aliphatic hydroxyl groups excluding tert-OH is 9. The van der Waals surface area contributed by atoms with Crippen LogP contribution >= 0.6 is 0 Å². The van der Waals surface area contributed by atoms with E-state index in [2.05, 4.69) is 6.08 Å². The van der Waals surface area contributed by atoms with Crippen LogP contribution < -0.4 is 0 Å². The van der Waals surface area contributed by atoms with Crippen LogP contribution in [0.15, 0.2) is 11.6 Å². The lowest BCUT2D eigenvalue weighted by molar-refractivity contribution is -0.342. The molecule has 4 saturated carbocycles. The van der Waals surface area contributed by atoms with Crippen LogP contribution in [0.2, 0.25) is 0 Å². The van der Waals surface area contributed by atoms with Gasteiger partial charge in [0, 0.05) is 5.41 Å². The Morgan fingerprint density at radius 3 is 2.22 bits per heavy atom. The minimum absolute atomic E-state index is 0.0123. The minimum Gasteiger partial charge on any atom is -0.481 e. The number of allylic oxidation sites excluding steroid dienone is 2. The summed E-state index contributed by atoms with van der Waals surface area (Å²) in [4.78, 5) is 12.8. The first kappa shape index (κ1) is 34.6. The van der Waals surface area contributed by atoms with Crippen molar-refractivity contribution in [1.29, 1.82) is 0 Å². The van der Waals surface area contributed by atoms with Gasteiger partial charge in [0.1, 0.15) is 29.8 Å². The highest BCUT2D eigenvalue weighted by molar-refractivity contribution is 5.77. The molecule has 0 bridgehead atoms. The van der Waals surface area contributed by atoms with Crippen LogP contribution in [0.4, 0.5) is 0 Å². The van der Waals surface area contributed by atoms with Gasteiger partial charge in [-0.3, -0.25) is 4.79 Å². The molecule has 5 aliphatic carbocycles. The van der Waals surface area contributed by atoms with Gasteiger partial charge in [0.05, 0.1) is 44.2 Å². The van der Waals surface area contributed by atoms with E-state index < -0.39 is 103 Å². The van der Waals surface area contributed by atoms with Crippen molar-refractivity contribution < 1.29 is 65.3 Å². The maximum atomic E-state index is 12.8. The normalized spacial score (nSPS) is 51.1. The number of rotatable bonds is 6. The first-order chi connectivity index (χ1) is 21.7. The smallest absolute Gasteiger partial charge is 0.312 e. The first-order valence-electron chi connectivity index (χ1n) is 16.8. The van der Waals surface area contributed by atoms with E-state index in [-0.39, 0.29) is 48.9 Å². The largest absolute Gasteiger partial charge is 0.481 e. The van der Waals surface area contributed by atoms with Gasteiger partial charge in [0.25, 0.3) is 0 Å². The third-order valence-electron chi connectivity index (χ3n) is 13.5. The SMILES string of the molecule is CC1(C)CC2C3=CCC4C(CCC5C4C[C@H](O)[C@H](OC4OC(CO)C(O)C(O)C4O)C5(CO)CO)C3C[C@@H](O)[C@@]2(C(=O)O)C[C@@H]1O. The van der Waals surface area contributed by atoms with Gasteiger partial charge in [0.2, 0.25) is 0 Å². The molecule has 10 N–H and O–H groups in total. The molecule has 6 rings (SSSR count). The van der Waals surface area contributed by atoms with Crippen LogP contribution in [0.3, 0.4) is 0 Å². The van der Waals surface area contributed by atoms with E-state index in [9.17, 15) is 55.9 Å². The van der Waals surface area contributed by atoms with Crippen molar-refractivity contribution in [2.24, 2.45) is 51.8 Å². The topological polar surface area (TPSA) is 238 Å². The lowest BCUT2D eigenvalue weighted by atomic mass is 9.43. The monoisotopic (exact) mass is 656 g/mol. The molecule has 0 radical (unpaired) electrons. The third-order valence-corrected chi connectivity index (χ3v) is 13.5. The standard InChI is InChI=1S/C33H52O13/c1-31(2)9-20-16-4-3-15-14(17(16)8-23(38)33(20,30(43)44)10-24(31)39)5-6-19-18(15)7-21(37)28(32(19,12-35)13-36)46-29-27(42)26(41)25(40)22(11-34)45-29/h4,14-15,17-29,34-42H,3,5-13H2,1-2H3,(H,43,44)/t14?,15?,17?,18?,19?,20?,21-,22?,23+,24-,25?,26?,27?,28-,29?,33+/m0/s1. The Labute approximate surface area is 268 Å². The summed E-state index contributed by atoms with van der Waals surface area (Å²) in [6.07, 6.45) is -7.22. The second-order valence-corrected chi connectivity index (χ2v) is 15.9. The third kappa shape index (κ3) is 4.95. The van der Waals surface area contributed by atoms with Gasteiger partial charge < -0.3 is 60.5 Å². The number of carboxylic acids is 1. The van der Waals surface area contributed by atoms with E-state index in [1.165, 1.54) is 0 Å². The summed E-state index contributed by atoms with van der Waals surface area (Å²) < 4.78 is 11.6. The van der Waals surface area contributed by atoms with Crippen LogP contribution in [0.5, 0.6) is 0 Å². The lowest BCUT2D eigenvalue weighted by Crippen LogP contribution is -2.67. The number of carboxylic acid groups (broad SMARTS) is 1. The van der Waals surface area contributed by atoms with E-state index in [1.54, 1.807) is 0 Å². The Morgan fingerprint density at radius 1 is 0.891 bits per heavy atom. The molecule has 0 aromatic rings. The fourth-order valence-electron chi connectivity index (χ4n) is 10.9. The van der Waals surface area contributed by atoms with Crippen LogP contribution in [0.25, 0.3) is 0 Å². The molecule has 6 aliphatic rings. The molecule has 11 unspecified atom stereocenters. The maximum Gasteiger partial charge on any atom is 0.312 e. The number of fused-ring (bicyclic) bond motifs is 7. The minimum atomic E-state index is -1.71. The quantitative estimate of drug-likeness (QED) is 0.119. The zero-order valence-corrected chi connectivity index (χ0v) is 26.5. The van der Waals surface area contributed by atoms with Crippen LogP contribution in [0.1, 0.15) is 58.8 Å². The van der Waals surface area contributed by atoms with Crippen molar-refractivity contribution in [2.75, 3.05) is 19.8 Å². The second-order valence-electron chi connectivity index (χ2n) is 15.9.